The number of carbonyl (C=O) groups is 7. The van der Waals surface area contributed by atoms with Crippen LogP contribution in [0.4, 0.5) is 22.9 Å². The van der Waals surface area contributed by atoms with Gasteiger partial charge in [-0.1, -0.05) is 12.1 Å². The molecule has 20 heteroatoms. The van der Waals surface area contributed by atoms with E-state index in [0.29, 0.717) is 66.7 Å². The average Bonchev–Trinajstić information content (AvgIpc) is 3.93. The molecule has 20 nitrogen and oxygen atoms in total. The second kappa shape index (κ2) is 17.5. The van der Waals surface area contributed by atoms with E-state index in [9.17, 15) is 33.6 Å². The number of anilines is 4. The largest absolute Gasteiger partial charge is 0.494 e. The summed E-state index contributed by atoms with van der Waals surface area (Å²) >= 11 is 0. The molecule has 2 aromatic heterocycles. The van der Waals surface area contributed by atoms with Gasteiger partial charge < -0.3 is 31.3 Å². The number of ether oxygens (including phenoxy) is 1. The zero-order valence-electron chi connectivity index (χ0n) is 32.3. The predicted octanol–water partition coefficient (Wildman–Crippen LogP) is 2.00. The number of fused-ring (bicyclic) bond motifs is 1. The highest BCUT2D eigenvalue weighted by atomic mass is 16.5. The van der Waals surface area contributed by atoms with Crippen LogP contribution in [0.5, 0.6) is 5.75 Å². The molecule has 1 saturated heterocycles. The van der Waals surface area contributed by atoms with Gasteiger partial charge in [-0.2, -0.15) is 5.10 Å². The third kappa shape index (κ3) is 8.85. The molecule has 2 aromatic carbocycles. The highest BCUT2D eigenvalue weighted by Crippen LogP contribution is 2.38. The van der Waals surface area contributed by atoms with Gasteiger partial charge in [-0.25, -0.2) is 4.98 Å². The second-order valence-corrected chi connectivity index (χ2v) is 14.1. The van der Waals surface area contributed by atoms with Crippen molar-refractivity contribution < 1.29 is 38.3 Å². The quantitative estimate of drug-likeness (QED) is 0.0659. The van der Waals surface area contributed by atoms with Crippen LogP contribution in [0.3, 0.4) is 0 Å². The number of carbonyl (C=O) groups excluding carboxylic acids is 7. The van der Waals surface area contributed by atoms with Gasteiger partial charge in [-0.15, -0.1) is 10.2 Å². The zero-order chi connectivity index (χ0) is 41.6. The number of nitrogens with one attached hydrogen (secondary N) is 6. The van der Waals surface area contributed by atoms with Gasteiger partial charge in [0.05, 0.1) is 41.7 Å². The van der Waals surface area contributed by atoms with Gasteiger partial charge in [0.2, 0.25) is 23.6 Å². The van der Waals surface area contributed by atoms with Gasteiger partial charge >= 0.3 is 0 Å². The molecule has 2 aliphatic heterocycles. The van der Waals surface area contributed by atoms with Crippen molar-refractivity contribution in [1.29, 1.82) is 0 Å². The van der Waals surface area contributed by atoms with Crippen LogP contribution in [0.2, 0.25) is 0 Å². The number of para-hydroxylation sites is 1. The first-order valence-corrected chi connectivity index (χ1v) is 19.2. The Hall–Kier alpha value is -7.25. The van der Waals surface area contributed by atoms with E-state index in [1.165, 1.54) is 26.3 Å². The maximum Gasteiger partial charge on any atom is 0.273 e. The number of hydrogen-bond donors (Lipinski definition) is 6. The smallest absolute Gasteiger partial charge is 0.273 e. The molecule has 1 atom stereocenters. The van der Waals surface area contributed by atoms with Gasteiger partial charge in [0.1, 0.15) is 12.4 Å². The van der Waals surface area contributed by atoms with E-state index in [2.05, 4.69) is 52.2 Å². The lowest BCUT2D eigenvalue weighted by Gasteiger charge is -2.27. The average molecular weight is 807 g/mol. The summed E-state index contributed by atoms with van der Waals surface area (Å²) in [7, 11) is 2.97. The van der Waals surface area contributed by atoms with E-state index in [4.69, 9.17) is 4.74 Å². The first kappa shape index (κ1) is 40.0. The predicted molar refractivity (Wildman–Crippen MR) is 211 cm³/mol. The van der Waals surface area contributed by atoms with Crippen LogP contribution in [0, 0.1) is 5.92 Å². The molecule has 6 N–H and O–H groups in total. The summed E-state index contributed by atoms with van der Waals surface area (Å²) < 4.78 is 7.35. The Labute approximate surface area is 337 Å². The zero-order valence-corrected chi connectivity index (χ0v) is 32.3. The molecule has 7 amide bonds. The van der Waals surface area contributed by atoms with Crippen molar-refractivity contribution >= 4 is 64.2 Å². The number of amides is 7. The number of piperidine rings is 1. The number of nitrogens with zero attached hydrogens (tertiary/aromatic N) is 6. The number of aromatic nitrogens is 5. The van der Waals surface area contributed by atoms with E-state index in [-0.39, 0.29) is 59.6 Å². The van der Waals surface area contributed by atoms with Crippen molar-refractivity contribution in [3.63, 3.8) is 0 Å². The number of methoxy groups -OCH3 is 1. The standard InChI is InChI=1S/C39H42N12O8/c1-40-37(56)32-26(19-28(47-48-32)45-35(54)21-12-13-21)44-25-10-6-8-23(33(25)59-2)34-43-20-50(49-34)18-17-42-29(52)11-3-4-16-41-24-9-5-7-22-31(24)39(58)51(38(22)57)27-14-15-30(53)46-36(27)55/h5-10,19-21,27,41H,3-4,11-18H2,1-2H3,(H,40,56)(H,42,52)(H,46,53,55)(H2,44,45,47,54). The summed E-state index contributed by atoms with van der Waals surface area (Å²) in [6, 6.07) is 10.7. The van der Waals surface area contributed by atoms with Gasteiger partial charge in [0.15, 0.2) is 23.1 Å². The lowest BCUT2D eigenvalue weighted by molar-refractivity contribution is -0.136. The molecule has 0 spiro atoms. The Bertz CT molecular complexity index is 2340. The Kier molecular flexibility index (Phi) is 11.8. The minimum atomic E-state index is -1.05. The first-order valence-electron chi connectivity index (χ1n) is 19.2. The summed E-state index contributed by atoms with van der Waals surface area (Å²) in [5, 5.41) is 29.4. The number of hydrogen-bond acceptors (Lipinski definition) is 14. The Morgan fingerprint density at radius 1 is 0.915 bits per heavy atom. The van der Waals surface area contributed by atoms with Gasteiger partial charge in [-0.05, 0) is 56.4 Å². The van der Waals surface area contributed by atoms with Gasteiger partial charge in [-0.3, -0.25) is 48.5 Å². The van der Waals surface area contributed by atoms with Crippen LogP contribution < -0.4 is 36.6 Å². The topological polar surface area (TPSA) is 261 Å². The Morgan fingerprint density at radius 2 is 1.69 bits per heavy atom. The first-order chi connectivity index (χ1) is 28.6. The molecular formula is C39H42N12O8. The molecule has 1 unspecified atom stereocenters. The molecule has 3 aliphatic rings. The maximum atomic E-state index is 13.3. The number of imide groups is 2. The third-order valence-corrected chi connectivity index (χ3v) is 9.98. The van der Waals surface area contributed by atoms with Crippen molar-refractivity contribution in [2.24, 2.45) is 5.92 Å². The van der Waals surface area contributed by atoms with Crippen LogP contribution in [0.1, 0.15) is 76.2 Å². The Balaban J connectivity index is 0.889. The van der Waals surface area contributed by atoms with Crippen LogP contribution in [-0.2, 0) is 25.7 Å². The molecule has 1 aliphatic carbocycles. The number of unbranched alkanes of at least 4 members (excludes halogenated alkanes) is 1. The summed E-state index contributed by atoms with van der Waals surface area (Å²) in [6.07, 6.45) is 4.70. The molecule has 306 valence electrons. The van der Waals surface area contributed by atoms with Crippen LogP contribution in [0.25, 0.3) is 11.4 Å². The molecule has 59 heavy (non-hydrogen) atoms. The van der Waals surface area contributed by atoms with Crippen LogP contribution >= 0.6 is 0 Å². The number of rotatable bonds is 17. The monoisotopic (exact) mass is 806 g/mol. The molecular weight excluding hydrogens is 765 g/mol. The molecule has 0 radical (unpaired) electrons. The molecule has 4 heterocycles. The van der Waals surface area contributed by atoms with Crippen molar-refractivity contribution in [1.82, 2.24) is 45.8 Å². The molecule has 4 aromatic rings. The fraction of sp³-hybridized carbons (Fsp3) is 0.359. The van der Waals surface area contributed by atoms with E-state index >= 15 is 0 Å². The summed E-state index contributed by atoms with van der Waals surface area (Å²) in [6.45, 7) is 1.07. The van der Waals surface area contributed by atoms with Crippen molar-refractivity contribution in [3.05, 3.63) is 65.6 Å². The fourth-order valence-electron chi connectivity index (χ4n) is 6.80. The SMILES string of the molecule is CNC(=O)c1nnc(NC(=O)C2CC2)cc1Nc1cccc(-c2ncn(CCNC(=O)CCCCNc3cccc4c3C(=O)N(C3CCC(=O)NC3=O)C4=O)n2)c1OC. The fourth-order valence-corrected chi connectivity index (χ4v) is 6.80. The minimum Gasteiger partial charge on any atom is -0.494 e. The second-order valence-electron chi connectivity index (χ2n) is 14.1. The van der Waals surface area contributed by atoms with Crippen LogP contribution in [0.15, 0.2) is 48.8 Å². The molecule has 1 saturated carbocycles. The lowest BCUT2D eigenvalue weighted by Crippen LogP contribution is -2.54. The molecule has 0 bridgehead atoms. The summed E-state index contributed by atoms with van der Waals surface area (Å²) in [4.78, 5) is 93.4. The molecule has 7 rings (SSSR count). The normalized spacial score (nSPS) is 16.0. The summed E-state index contributed by atoms with van der Waals surface area (Å²) in [5.41, 5.74) is 2.17. The van der Waals surface area contributed by atoms with E-state index in [0.717, 1.165) is 17.7 Å². The summed E-state index contributed by atoms with van der Waals surface area (Å²) in [5.74, 6) is -2.15. The highest BCUT2D eigenvalue weighted by molar-refractivity contribution is 6.25. The van der Waals surface area contributed by atoms with Crippen molar-refractivity contribution in [2.75, 3.05) is 43.2 Å². The molecule has 2 fully saturated rings. The van der Waals surface area contributed by atoms with Crippen LogP contribution in [-0.4, -0.2) is 105 Å². The minimum absolute atomic E-state index is 0.0126. The highest BCUT2D eigenvalue weighted by Gasteiger charge is 2.45. The van der Waals surface area contributed by atoms with E-state index < -0.39 is 35.6 Å². The third-order valence-electron chi connectivity index (χ3n) is 9.98. The van der Waals surface area contributed by atoms with E-state index in [1.807, 2.05) is 0 Å². The number of benzene rings is 2. The van der Waals surface area contributed by atoms with Gasteiger partial charge in [0.25, 0.3) is 17.7 Å². The van der Waals surface area contributed by atoms with Crippen molar-refractivity contribution in [2.45, 2.75) is 57.5 Å². The lowest BCUT2D eigenvalue weighted by atomic mass is 10.0. The van der Waals surface area contributed by atoms with Crippen molar-refractivity contribution in [3.8, 4) is 17.1 Å². The van der Waals surface area contributed by atoms with Gasteiger partial charge in [0, 0.05) is 50.7 Å². The van der Waals surface area contributed by atoms with E-state index in [1.54, 1.807) is 41.3 Å². The Morgan fingerprint density at radius 3 is 2.44 bits per heavy atom. The maximum absolute atomic E-state index is 13.3.